The van der Waals surface area contributed by atoms with E-state index in [2.05, 4.69) is 20.6 Å². The zero-order chi connectivity index (χ0) is 21.1. The quantitative estimate of drug-likeness (QED) is 0.568. The molecule has 1 heterocycles. The highest BCUT2D eigenvalue weighted by molar-refractivity contribution is 6.31. The highest BCUT2D eigenvalue weighted by Gasteiger charge is 2.23. The van der Waals surface area contributed by atoms with E-state index in [0.29, 0.717) is 34.6 Å². The van der Waals surface area contributed by atoms with Crippen LogP contribution in [0.15, 0.2) is 36.7 Å². The number of fused-ring (bicyclic) bond motifs is 1. The van der Waals surface area contributed by atoms with Crippen LogP contribution in [0.2, 0.25) is 5.02 Å². The Kier molecular flexibility index (Phi) is 6.20. The van der Waals surface area contributed by atoms with E-state index in [-0.39, 0.29) is 11.1 Å². The van der Waals surface area contributed by atoms with E-state index in [9.17, 15) is 4.39 Å². The summed E-state index contributed by atoms with van der Waals surface area (Å²) in [6.07, 6.45) is 5.73. The lowest BCUT2D eigenvalue weighted by molar-refractivity contribution is 0.137. The lowest BCUT2D eigenvalue weighted by atomic mass is 9.93. The maximum Gasteiger partial charge on any atom is 0.162 e. The molecular weight excluding hydrogens is 407 g/mol. The maximum absolute atomic E-state index is 13.5. The van der Waals surface area contributed by atoms with E-state index in [1.165, 1.54) is 18.5 Å². The fourth-order valence-corrected chi connectivity index (χ4v) is 3.96. The summed E-state index contributed by atoms with van der Waals surface area (Å²) in [6, 6.07) is 8.73. The predicted octanol–water partition coefficient (Wildman–Crippen LogP) is 5.08. The van der Waals surface area contributed by atoms with Gasteiger partial charge in [-0.3, -0.25) is 0 Å². The Morgan fingerprint density at radius 3 is 2.57 bits per heavy atom. The van der Waals surface area contributed by atoms with Gasteiger partial charge in [-0.05, 0) is 57.0 Å². The number of nitrogens with zero attached hydrogens (tertiary/aromatic N) is 2. The molecule has 3 aromatic rings. The largest absolute Gasteiger partial charge is 0.493 e. The Morgan fingerprint density at radius 2 is 1.87 bits per heavy atom. The van der Waals surface area contributed by atoms with E-state index in [0.717, 1.165) is 31.1 Å². The van der Waals surface area contributed by atoms with E-state index < -0.39 is 5.82 Å². The Labute approximate surface area is 179 Å². The van der Waals surface area contributed by atoms with Crippen molar-refractivity contribution >= 4 is 34.0 Å². The summed E-state index contributed by atoms with van der Waals surface area (Å²) in [5.74, 6) is 1.40. The van der Waals surface area contributed by atoms with Gasteiger partial charge in [0.05, 0.1) is 23.8 Å². The van der Waals surface area contributed by atoms with Crippen molar-refractivity contribution in [1.29, 1.82) is 0 Å². The predicted molar refractivity (Wildman–Crippen MR) is 117 cm³/mol. The Balaban J connectivity index is 1.64. The first-order valence-corrected chi connectivity index (χ1v) is 10.3. The number of hydrogen-bond acceptors (Lipinski definition) is 6. The van der Waals surface area contributed by atoms with Gasteiger partial charge in [0.2, 0.25) is 0 Å². The van der Waals surface area contributed by atoms with Crippen molar-refractivity contribution in [2.45, 2.75) is 37.8 Å². The van der Waals surface area contributed by atoms with Crippen LogP contribution in [0.3, 0.4) is 0 Å². The molecule has 8 heteroatoms. The molecule has 158 valence electrons. The average Bonchev–Trinajstić information content (AvgIpc) is 2.77. The summed E-state index contributed by atoms with van der Waals surface area (Å²) < 4.78 is 25.3. The molecule has 1 aromatic heterocycles. The van der Waals surface area contributed by atoms with Crippen molar-refractivity contribution in [3.8, 4) is 11.5 Å². The Morgan fingerprint density at radius 1 is 1.07 bits per heavy atom. The molecule has 0 atom stereocenters. The van der Waals surface area contributed by atoms with Crippen molar-refractivity contribution < 1.29 is 13.9 Å². The zero-order valence-electron chi connectivity index (χ0n) is 16.9. The van der Waals surface area contributed by atoms with Gasteiger partial charge in [-0.2, -0.15) is 0 Å². The molecule has 1 saturated carbocycles. The molecule has 30 heavy (non-hydrogen) atoms. The number of anilines is 2. The highest BCUT2D eigenvalue weighted by atomic mass is 35.5. The van der Waals surface area contributed by atoms with Gasteiger partial charge >= 0.3 is 0 Å². The average molecular weight is 431 g/mol. The van der Waals surface area contributed by atoms with Gasteiger partial charge in [-0.25, -0.2) is 14.4 Å². The van der Waals surface area contributed by atoms with Crippen LogP contribution in [0, 0.1) is 5.82 Å². The highest BCUT2D eigenvalue weighted by Crippen LogP contribution is 2.37. The fraction of sp³-hybridized carbons (Fsp3) is 0.364. The monoisotopic (exact) mass is 430 g/mol. The first-order valence-electron chi connectivity index (χ1n) is 9.96. The molecular formula is C22H24ClFN4O2. The minimum absolute atomic E-state index is 0.0428. The number of rotatable bonds is 6. The van der Waals surface area contributed by atoms with Crippen LogP contribution in [0.1, 0.15) is 25.7 Å². The Bertz CT molecular complexity index is 1040. The first kappa shape index (κ1) is 20.6. The lowest BCUT2D eigenvalue weighted by Gasteiger charge is -2.29. The molecule has 2 aromatic carbocycles. The summed E-state index contributed by atoms with van der Waals surface area (Å²) in [5.41, 5.74) is 1.34. The van der Waals surface area contributed by atoms with Gasteiger partial charge in [0.15, 0.2) is 11.5 Å². The molecule has 1 aliphatic carbocycles. The lowest BCUT2D eigenvalue weighted by Crippen LogP contribution is -2.34. The Hall–Kier alpha value is -2.64. The zero-order valence-corrected chi connectivity index (χ0v) is 17.7. The van der Waals surface area contributed by atoms with Crippen LogP contribution >= 0.6 is 11.6 Å². The number of methoxy groups -OCH3 is 1. The van der Waals surface area contributed by atoms with Gasteiger partial charge in [-0.15, -0.1) is 0 Å². The van der Waals surface area contributed by atoms with Crippen molar-refractivity contribution in [3.63, 3.8) is 0 Å². The molecule has 0 aliphatic heterocycles. The van der Waals surface area contributed by atoms with Crippen molar-refractivity contribution in [1.82, 2.24) is 15.3 Å². The summed E-state index contributed by atoms with van der Waals surface area (Å²) in [5, 5.41) is 7.34. The van der Waals surface area contributed by atoms with Crippen LogP contribution in [0.4, 0.5) is 15.9 Å². The topological polar surface area (TPSA) is 68.3 Å². The molecule has 2 N–H and O–H groups in total. The molecule has 6 nitrogen and oxygen atoms in total. The normalized spacial score (nSPS) is 18.9. The van der Waals surface area contributed by atoms with E-state index in [1.54, 1.807) is 13.2 Å². The second-order valence-corrected chi connectivity index (χ2v) is 7.78. The van der Waals surface area contributed by atoms with Crippen LogP contribution in [-0.4, -0.2) is 36.3 Å². The number of halogens is 2. The second kappa shape index (κ2) is 9.02. The van der Waals surface area contributed by atoms with Crippen LogP contribution < -0.4 is 20.1 Å². The van der Waals surface area contributed by atoms with Crippen LogP contribution in [-0.2, 0) is 0 Å². The molecule has 0 bridgehead atoms. The first-order chi connectivity index (χ1) is 14.6. The molecule has 0 amide bonds. The number of aromatic nitrogens is 2. The SMILES string of the molecule is CNC1CCC(Oc2cc3c(Nc4ccc(F)c(Cl)c4)ncnc3cc2OC)CC1. The second-order valence-electron chi connectivity index (χ2n) is 7.38. The summed E-state index contributed by atoms with van der Waals surface area (Å²) >= 11 is 5.90. The molecule has 4 rings (SSSR count). The van der Waals surface area contributed by atoms with Gasteiger partial charge < -0.3 is 20.1 Å². The van der Waals surface area contributed by atoms with E-state index in [4.69, 9.17) is 21.1 Å². The number of nitrogens with one attached hydrogen (secondary N) is 2. The van der Waals surface area contributed by atoms with Gasteiger partial charge in [0, 0.05) is 23.2 Å². The third-order valence-corrected chi connectivity index (χ3v) is 5.77. The summed E-state index contributed by atoms with van der Waals surface area (Å²) in [4.78, 5) is 8.71. The molecule has 0 unspecified atom stereocenters. The summed E-state index contributed by atoms with van der Waals surface area (Å²) in [6.45, 7) is 0. The number of benzene rings is 2. The number of hydrogen-bond donors (Lipinski definition) is 2. The molecule has 0 radical (unpaired) electrons. The van der Waals surface area contributed by atoms with Crippen molar-refractivity contribution in [2.75, 3.05) is 19.5 Å². The third-order valence-electron chi connectivity index (χ3n) is 5.48. The maximum atomic E-state index is 13.5. The molecule has 0 spiro atoms. The van der Waals surface area contributed by atoms with E-state index >= 15 is 0 Å². The van der Waals surface area contributed by atoms with Crippen molar-refractivity contribution in [3.05, 3.63) is 47.5 Å². The molecule has 1 aliphatic rings. The van der Waals surface area contributed by atoms with Crippen LogP contribution in [0.5, 0.6) is 11.5 Å². The fourth-order valence-electron chi connectivity index (χ4n) is 3.77. The minimum Gasteiger partial charge on any atom is -0.493 e. The van der Waals surface area contributed by atoms with Gasteiger partial charge in [0.25, 0.3) is 0 Å². The standard InChI is InChI=1S/C22H24ClFN4O2/c1-25-13-3-6-15(7-4-13)30-21-10-16-19(11-20(21)29-2)26-12-27-22(16)28-14-5-8-18(24)17(23)9-14/h5,8-13,15,25H,3-4,6-7H2,1-2H3,(H,26,27,28). The molecule has 0 saturated heterocycles. The summed E-state index contributed by atoms with van der Waals surface area (Å²) in [7, 11) is 3.62. The molecule has 1 fully saturated rings. The van der Waals surface area contributed by atoms with E-state index in [1.807, 2.05) is 19.2 Å². The van der Waals surface area contributed by atoms with Gasteiger partial charge in [-0.1, -0.05) is 11.6 Å². The smallest absolute Gasteiger partial charge is 0.162 e. The van der Waals surface area contributed by atoms with Gasteiger partial charge in [0.1, 0.15) is 18.0 Å². The third kappa shape index (κ3) is 4.42. The van der Waals surface area contributed by atoms with Crippen LogP contribution in [0.25, 0.3) is 10.9 Å². The minimum atomic E-state index is -0.469. The number of ether oxygens (including phenoxy) is 2. The van der Waals surface area contributed by atoms with Crippen molar-refractivity contribution in [2.24, 2.45) is 0 Å².